The highest BCUT2D eigenvalue weighted by molar-refractivity contribution is 8.00. The summed E-state index contributed by atoms with van der Waals surface area (Å²) in [6, 6.07) is 9.65. The predicted molar refractivity (Wildman–Crippen MR) is 118 cm³/mol. The third kappa shape index (κ3) is 6.14. The zero-order chi connectivity index (χ0) is 23.1. The summed E-state index contributed by atoms with van der Waals surface area (Å²) in [6.07, 6.45) is -0.325. The Kier molecular flexibility index (Phi) is 8.35. The van der Waals surface area contributed by atoms with Gasteiger partial charge in [0, 0.05) is 17.5 Å². The van der Waals surface area contributed by atoms with Crippen LogP contribution in [0.3, 0.4) is 0 Å². The lowest BCUT2D eigenvalue weighted by atomic mass is 10.1. The Morgan fingerprint density at radius 1 is 1.16 bits per heavy atom. The second-order valence-electron chi connectivity index (χ2n) is 7.15. The zero-order valence-corrected chi connectivity index (χ0v) is 19.1. The van der Waals surface area contributed by atoms with E-state index in [1.54, 1.807) is 31.3 Å². The molecule has 2 aromatic carbocycles. The number of carbonyl (C=O) groups excluding carboxylic acids is 2. The summed E-state index contributed by atoms with van der Waals surface area (Å²) in [5.74, 6) is 0.865. The number of rotatable bonds is 9. The SMILES string of the molecule is COc1ccc(SCC(=O)N2CCOC(COc3ccc(C(C)=O)c(F)c3)C2)cc1OC. The van der Waals surface area contributed by atoms with Gasteiger partial charge in [-0.2, -0.15) is 0 Å². The van der Waals surface area contributed by atoms with E-state index < -0.39 is 5.82 Å². The van der Waals surface area contributed by atoms with Gasteiger partial charge < -0.3 is 23.8 Å². The fourth-order valence-electron chi connectivity index (χ4n) is 3.25. The van der Waals surface area contributed by atoms with Crippen LogP contribution in [0.4, 0.5) is 4.39 Å². The highest BCUT2D eigenvalue weighted by Crippen LogP contribution is 2.32. The lowest BCUT2D eigenvalue weighted by molar-refractivity contribution is -0.137. The number of nitrogens with zero attached hydrogens (tertiary/aromatic N) is 1. The van der Waals surface area contributed by atoms with Crippen LogP contribution in [0.25, 0.3) is 0 Å². The largest absolute Gasteiger partial charge is 0.493 e. The molecule has 0 spiro atoms. The average Bonchev–Trinajstić information content (AvgIpc) is 2.80. The minimum atomic E-state index is -0.622. The second kappa shape index (κ2) is 11.2. The van der Waals surface area contributed by atoms with Gasteiger partial charge >= 0.3 is 0 Å². The molecule has 0 radical (unpaired) electrons. The number of hydrogen-bond acceptors (Lipinski definition) is 7. The molecule has 0 aromatic heterocycles. The first-order valence-electron chi connectivity index (χ1n) is 10.1. The van der Waals surface area contributed by atoms with Crippen LogP contribution in [0, 0.1) is 5.82 Å². The molecule has 1 amide bonds. The molecule has 1 saturated heterocycles. The monoisotopic (exact) mass is 463 g/mol. The highest BCUT2D eigenvalue weighted by Gasteiger charge is 2.25. The number of amides is 1. The summed E-state index contributed by atoms with van der Waals surface area (Å²) >= 11 is 1.42. The summed E-state index contributed by atoms with van der Waals surface area (Å²) in [6.45, 7) is 2.77. The second-order valence-corrected chi connectivity index (χ2v) is 8.20. The molecule has 1 aliphatic heterocycles. The highest BCUT2D eigenvalue weighted by atomic mass is 32.2. The number of thioether (sulfide) groups is 1. The molecule has 7 nitrogen and oxygen atoms in total. The molecule has 32 heavy (non-hydrogen) atoms. The van der Waals surface area contributed by atoms with Crippen molar-refractivity contribution in [2.45, 2.75) is 17.9 Å². The summed E-state index contributed by atoms with van der Waals surface area (Å²) in [5, 5.41) is 0. The van der Waals surface area contributed by atoms with Crippen molar-refractivity contribution in [1.29, 1.82) is 0 Å². The van der Waals surface area contributed by atoms with E-state index in [0.717, 1.165) is 4.90 Å². The molecular weight excluding hydrogens is 437 g/mol. The summed E-state index contributed by atoms with van der Waals surface area (Å²) < 4.78 is 35.8. The molecule has 1 atom stereocenters. The Bertz CT molecular complexity index is 969. The standard InChI is InChI=1S/C23H26FNO6S/c1-15(26)19-6-4-16(10-20(19)24)31-13-17-12-25(8-9-30-17)23(27)14-32-18-5-7-21(28-2)22(11-18)29-3/h4-7,10-11,17H,8-9,12-14H2,1-3H3. The van der Waals surface area contributed by atoms with Gasteiger partial charge in [0.15, 0.2) is 17.3 Å². The number of ketones is 1. The molecule has 0 N–H and O–H groups in total. The number of carbonyl (C=O) groups is 2. The molecule has 1 fully saturated rings. The van der Waals surface area contributed by atoms with Crippen LogP contribution in [-0.2, 0) is 9.53 Å². The van der Waals surface area contributed by atoms with Crippen molar-refractivity contribution in [2.75, 3.05) is 46.3 Å². The third-order valence-corrected chi connectivity index (χ3v) is 5.94. The summed E-state index contributed by atoms with van der Waals surface area (Å²) in [4.78, 5) is 26.7. The number of hydrogen-bond donors (Lipinski definition) is 0. The van der Waals surface area contributed by atoms with Gasteiger partial charge in [-0.15, -0.1) is 11.8 Å². The van der Waals surface area contributed by atoms with E-state index in [4.69, 9.17) is 18.9 Å². The number of methoxy groups -OCH3 is 2. The van der Waals surface area contributed by atoms with Gasteiger partial charge in [0.1, 0.15) is 24.3 Å². The molecular formula is C23H26FNO6S. The lowest BCUT2D eigenvalue weighted by Crippen LogP contribution is -2.48. The molecule has 1 unspecified atom stereocenters. The van der Waals surface area contributed by atoms with Crippen molar-refractivity contribution in [3.8, 4) is 17.2 Å². The van der Waals surface area contributed by atoms with Gasteiger partial charge in [-0.05, 0) is 37.3 Å². The van der Waals surface area contributed by atoms with Gasteiger partial charge in [0.2, 0.25) is 5.91 Å². The van der Waals surface area contributed by atoms with Crippen molar-refractivity contribution in [1.82, 2.24) is 4.90 Å². The van der Waals surface area contributed by atoms with Gasteiger partial charge in [0.25, 0.3) is 0 Å². The Morgan fingerprint density at radius 2 is 1.94 bits per heavy atom. The van der Waals surface area contributed by atoms with Crippen LogP contribution in [-0.4, -0.2) is 69.0 Å². The van der Waals surface area contributed by atoms with Crippen LogP contribution in [0.5, 0.6) is 17.2 Å². The van der Waals surface area contributed by atoms with Gasteiger partial charge in [-0.1, -0.05) is 0 Å². The molecule has 0 saturated carbocycles. The molecule has 0 bridgehead atoms. The fourth-order valence-corrected chi connectivity index (χ4v) is 4.08. The molecule has 9 heteroatoms. The molecule has 0 aliphatic carbocycles. The fraction of sp³-hybridized carbons (Fsp3) is 0.391. The van der Waals surface area contributed by atoms with Crippen molar-refractivity contribution in [2.24, 2.45) is 0 Å². The molecule has 172 valence electrons. The van der Waals surface area contributed by atoms with E-state index >= 15 is 0 Å². The number of Topliss-reactive ketones (excluding diaryl/α,β-unsaturated/α-hetero) is 1. The first-order valence-corrected chi connectivity index (χ1v) is 11.1. The quantitative estimate of drug-likeness (QED) is 0.417. The van der Waals surface area contributed by atoms with Crippen LogP contribution in [0.2, 0.25) is 0 Å². The first-order chi connectivity index (χ1) is 15.4. The number of halogens is 1. The van der Waals surface area contributed by atoms with E-state index in [-0.39, 0.29) is 35.7 Å². The van der Waals surface area contributed by atoms with Crippen molar-refractivity contribution < 1.29 is 32.9 Å². The normalized spacial score (nSPS) is 15.9. The topological polar surface area (TPSA) is 74.3 Å². The minimum absolute atomic E-state index is 0.00468. The van der Waals surface area contributed by atoms with Gasteiger partial charge in [-0.3, -0.25) is 9.59 Å². The van der Waals surface area contributed by atoms with Gasteiger partial charge in [0.05, 0.1) is 38.7 Å². The third-order valence-electron chi connectivity index (χ3n) is 4.96. The maximum absolute atomic E-state index is 13.9. The van der Waals surface area contributed by atoms with Crippen molar-refractivity contribution in [3.63, 3.8) is 0 Å². The Morgan fingerprint density at radius 3 is 2.62 bits per heavy atom. The summed E-state index contributed by atoms with van der Waals surface area (Å²) in [7, 11) is 3.14. The number of benzene rings is 2. The van der Waals surface area contributed by atoms with Crippen LogP contribution < -0.4 is 14.2 Å². The van der Waals surface area contributed by atoms with E-state index in [9.17, 15) is 14.0 Å². The Labute approximate surface area is 190 Å². The predicted octanol–water partition coefficient (Wildman–Crippen LogP) is 3.44. The molecule has 3 rings (SSSR count). The first kappa shape index (κ1) is 23.9. The minimum Gasteiger partial charge on any atom is -0.493 e. The van der Waals surface area contributed by atoms with E-state index in [2.05, 4.69) is 0 Å². The van der Waals surface area contributed by atoms with Crippen LogP contribution >= 0.6 is 11.8 Å². The maximum atomic E-state index is 13.9. The molecule has 1 aliphatic rings. The maximum Gasteiger partial charge on any atom is 0.233 e. The Hall–Kier alpha value is -2.78. The lowest BCUT2D eigenvalue weighted by Gasteiger charge is -2.32. The van der Waals surface area contributed by atoms with E-state index in [0.29, 0.717) is 36.9 Å². The zero-order valence-electron chi connectivity index (χ0n) is 18.3. The van der Waals surface area contributed by atoms with Gasteiger partial charge in [-0.25, -0.2) is 4.39 Å². The van der Waals surface area contributed by atoms with Crippen LogP contribution in [0.15, 0.2) is 41.3 Å². The van der Waals surface area contributed by atoms with E-state index in [1.165, 1.54) is 30.8 Å². The van der Waals surface area contributed by atoms with Crippen molar-refractivity contribution in [3.05, 3.63) is 47.8 Å². The van der Waals surface area contributed by atoms with Crippen molar-refractivity contribution >= 4 is 23.5 Å². The van der Waals surface area contributed by atoms with E-state index in [1.807, 2.05) is 12.1 Å². The smallest absolute Gasteiger partial charge is 0.233 e. The molecule has 2 aromatic rings. The average molecular weight is 464 g/mol. The molecule has 1 heterocycles. The Balaban J connectivity index is 1.50. The summed E-state index contributed by atoms with van der Waals surface area (Å²) in [5.41, 5.74) is 0.0232. The number of ether oxygens (including phenoxy) is 4. The van der Waals surface area contributed by atoms with Crippen LogP contribution in [0.1, 0.15) is 17.3 Å². The number of morpholine rings is 1.